The predicted molar refractivity (Wildman–Crippen MR) is 90.5 cm³/mol. The lowest BCUT2D eigenvalue weighted by Crippen LogP contribution is -2.35. The SMILES string of the molecule is CCCC(NCc1ccc(-c2nc3ccccc3s2)o1)C(=O)O. The Hall–Kier alpha value is -2.18. The number of para-hydroxylation sites is 1. The minimum atomic E-state index is -0.829. The summed E-state index contributed by atoms with van der Waals surface area (Å²) >= 11 is 1.58. The number of rotatable bonds is 7. The highest BCUT2D eigenvalue weighted by Gasteiger charge is 2.16. The van der Waals surface area contributed by atoms with Crippen molar-refractivity contribution in [3.8, 4) is 10.8 Å². The van der Waals surface area contributed by atoms with Gasteiger partial charge in [0, 0.05) is 0 Å². The van der Waals surface area contributed by atoms with Gasteiger partial charge in [0.25, 0.3) is 0 Å². The maximum atomic E-state index is 11.1. The Balaban J connectivity index is 1.71. The summed E-state index contributed by atoms with van der Waals surface area (Å²) < 4.78 is 6.92. The van der Waals surface area contributed by atoms with E-state index in [0.717, 1.165) is 21.6 Å². The summed E-state index contributed by atoms with van der Waals surface area (Å²) in [5.41, 5.74) is 0.956. The van der Waals surface area contributed by atoms with E-state index in [1.807, 2.05) is 43.3 Å². The van der Waals surface area contributed by atoms with Crippen molar-refractivity contribution in [2.75, 3.05) is 0 Å². The standard InChI is InChI=1S/C17H18N2O3S/c1-2-5-13(17(20)21)18-10-11-8-9-14(22-11)16-19-12-6-3-4-7-15(12)23-16/h3-4,6-9,13,18H,2,5,10H2,1H3,(H,20,21). The molecule has 2 aromatic heterocycles. The van der Waals surface area contributed by atoms with Gasteiger partial charge in [-0.15, -0.1) is 11.3 Å². The van der Waals surface area contributed by atoms with Gasteiger partial charge >= 0.3 is 5.97 Å². The molecule has 0 bridgehead atoms. The number of fused-ring (bicyclic) bond motifs is 1. The van der Waals surface area contributed by atoms with Gasteiger partial charge in [-0.3, -0.25) is 10.1 Å². The highest BCUT2D eigenvalue weighted by molar-refractivity contribution is 7.21. The van der Waals surface area contributed by atoms with Crippen LogP contribution in [0, 0.1) is 0 Å². The van der Waals surface area contributed by atoms with E-state index in [4.69, 9.17) is 9.52 Å². The second-order valence-corrected chi connectivity index (χ2v) is 6.34. The third-order valence-electron chi connectivity index (χ3n) is 3.56. The van der Waals surface area contributed by atoms with Crippen molar-refractivity contribution >= 4 is 27.5 Å². The minimum Gasteiger partial charge on any atom is -0.480 e. The van der Waals surface area contributed by atoms with Gasteiger partial charge in [0.1, 0.15) is 11.8 Å². The Bertz CT molecular complexity index is 776. The lowest BCUT2D eigenvalue weighted by molar-refractivity contribution is -0.139. The number of nitrogens with zero attached hydrogens (tertiary/aromatic N) is 1. The molecule has 0 saturated carbocycles. The van der Waals surface area contributed by atoms with Gasteiger partial charge in [-0.25, -0.2) is 4.98 Å². The molecule has 3 rings (SSSR count). The number of furan rings is 1. The molecule has 0 fully saturated rings. The number of aromatic nitrogens is 1. The third kappa shape index (κ3) is 3.60. The average molecular weight is 330 g/mol. The van der Waals surface area contributed by atoms with Crippen LogP contribution in [0.1, 0.15) is 25.5 Å². The van der Waals surface area contributed by atoms with E-state index >= 15 is 0 Å². The van der Waals surface area contributed by atoms with Crippen molar-refractivity contribution in [3.63, 3.8) is 0 Å². The van der Waals surface area contributed by atoms with Gasteiger partial charge in [0.15, 0.2) is 10.8 Å². The Morgan fingerprint density at radius 2 is 2.17 bits per heavy atom. The number of hydrogen-bond donors (Lipinski definition) is 2. The molecule has 2 N–H and O–H groups in total. The van der Waals surface area contributed by atoms with E-state index in [2.05, 4.69) is 10.3 Å². The van der Waals surface area contributed by atoms with Crippen molar-refractivity contribution in [2.45, 2.75) is 32.4 Å². The lowest BCUT2D eigenvalue weighted by atomic mass is 10.1. The molecule has 0 spiro atoms. The van der Waals surface area contributed by atoms with Crippen molar-refractivity contribution in [1.82, 2.24) is 10.3 Å². The van der Waals surface area contributed by atoms with Crippen LogP contribution in [0.25, 0.3) is 21.0 Å². The molecule has 1 unspecified atom stereocenters. The van der Waals surface area contributed by atoms with Crippen LogP contribution in [-0.4, -0.2) is 22.1 Å². The van der Waals surface area contributed by atoms with Crippen LogP contribution in [0.3, 0.4) is 0 Å². The van der Waals surface area contributed by atoms with E-state index in [1.54, 1.807) is 11.3 Å². The summed E-state index contributed by atoms with van der Waals surface area (Å²) in [6.07, 6.45) is 1.42. The summed E-state index contributed by atoms with van der Waals surface area (Å²) in [5, 5.41) is 13.0. The Labute approximate surface area is 138 Å². The highest BCUT2D eigenvalue weighted by atomic mass is 32.1. The molecule has 6 heteroatoms. The fraction of sp³-hybridized carbons (Fsp3) is 0.294. The monoisotopic (exact) mass is 330 g/mol. The largest absolute Gasteiger partial charge is 0.480 e. The van der Waals surface area contributed by atoms with Crippen LogP contribution in [0.2, 0.25) is 0 Å². The molecule has 0 aliphatic rings. The molecule has 0 radical (unpaired) electrons. The van der Waals surface area contributed by atoms with Crippen molar-refractivity contribution in [1.29, 1.82) is 0 Å². The minimum absolute atomic E-state index is 0.391. The summed E-state index contributed by atoms with van der Waals surface area (Å²) in [5.74, 6) is 0.594. The number of carboxylic acid groups (broad SMARTS) is 1. The molecular weight excluding hydrogens is 312 g/mol. The second-order valence-electron chi connectivity index (χ2n) is 5.31. The number of carbonyl (C=O) groups is 1. The number of benzene rings is 1. The van der Waals surface area contributed by atoms with E-state index < -0.39 is 12.0 Å². The molecule has 0 aliphatic carbocycles. The predicted octanol–water partition coefficient (Wildman–Crippen LogP) is 3.90. The molecule has 0 aliphatic heterocycles. The van der Waals surface area contributed by atoms with E-state index in [0.29, 0.717) is 24.5 Å². The summed E-state index contributed by atoms with van der Waals surface area (Å²) in [6, 6.07) is 11.2. The van der Waals surface area contributed by atoms with Crippen molar-refractivity contribution < 1.29 is 14.3 Å². The molecule has 120 valence electrons. The molecule has 3 aromatic rings. The number of aliphatic carboxylic acids is 1. The fourth-order valence-corrected chi connectivity index (χ4v) is 3.32. The first kappa shape index (κ1) is 15.7. The zero-order valence-electron chi connectivity index (χ0n) is 12.8. The van der Waals surface area contributed by atoms with E-state index in [1.165, 1.54) is 0 Å². The lowest BCUT2D eigenvalue weighted by Gasteiger charge is -2.11. The number of hydrogen-bond acceptors (Lipinski definition) is 5. The first-order chi connectivity index (χ1) is 11.2. The maximum Gasteiger partial charge on any atom is 0.320 e. The number of nitrogens with one attached hydrogen (secondary N) is 1. The van der Waals surface area contributed by atoms with Gasteiger partial charge in [-0.2, -0.15) is 0 Å². The van der Waals surface area contributed by atoms with Gasteiger partial charge < -0.3 is 9.52 Å². The molecule has 23 heavy (non-hydrogen) atoms. The van der Waals surface area contributed by atoms with Crippen LogP contribution in [0.4, 0.5) is 0 Å². The highest BCUT2D eigenvalue weighted by Crippen LogP contribution is 2.31. The van der Waals surface area contributed by atoms with Gasteiger partial charge in [0.05, 0.1) is 16.8 Å². The second kappa shape index (κ2) is 6.93. The smallest absolute Gasteiger partial charge is 0.320 e. The third-order valence-corrected chi connectivity index (χ3v) is 4.62. The molecule has 1 aromatic carbocycles. The summed E-state index contributed by atoms with van der Waals surface area (Å²) in [4.78, 5) is 15.7. The van der Waals surface area contributed by atoms with Crippen LogP contribution in [0.5, 0.6) is 0 Å². The Morgan fingerprint density at radius 1 is 1.35 bits per heavy atom. The zero-order valence-corrected chi connectivity index (χ0v) is 13.6. The van der Waals surface area contributed by atoms with Gasteiger partial charge in [0.2, 0.25) is 0 Å². The van der Waals surface area contributed by atoms with Gasteiger partial charge in [-0.1, -0.05) is 25.5 Å². The van der Waals surface area contributed by atoms with Crippen molar-refractivity contribution in [3.05, 3.63) is 42.2 Å². The van der Waals surface area contributed by atoms with Crippen LogP contribution >= 0.6 is 11.3 Å². The van der Waals surface area contributed by atoms with Crippen LogP contribution in [-0.2, 0) is 11.3 Å². The van der Waals surface area contributed by atoms with E-state index in [-0.39, 0.29) is 0 Å². The molecule has 2 heterocycles. The first-order valence-corrected chi connectivity index (χ1v) is 8.40. The first-order valence-electron chi connectivity index (χ1n) is 7.58. The van der Waals surface area contributed by atoms with Gasteiger partial charge in [-0.05, 0) is 30.7 Å². The Morgan fingerprint density at radius 3 is 2.91 bits per heavy atom. The normalized spacial score (nSPS) is 12.6. The zero-order chi connectivity index (χ0) is 16.2. The quantitative estimate of drug-likeness (QED) is 0.687. The molecule has 5 nitrogen and oxygen atoms in total. The van der Waals surface area contributed by atoms with Crippen molar-refractivity contribution in [2.24, 2.45) is 0 Å². The molecule has 0 saturated heterocycles. The maximum absolute atomic E-state index is 11.1. The fourth-order valence-electron chi connectivity index (χ4n) is 2.39. The number of carboxylic acids is 1. The summed E-state index contributed by atoms with van der Waals surface area (Å²) in [6.45, 7) is 2.36. The molecule has 0 amide bonds. The molecular formula is C17H18N2O3S. The average Bonchev–Trinajstić information content (AvgIpc) is 3.17. The van der Waals surface area contributed by atoms with Crippen LogP contribution in [0.15, 0.2) is 40.8 Å². The van der Waals surface area contributed by atoms with Crippen LogP contribution < -0.4 is 5.32 Å². The van der Waals surface area contributed by atoms with E-state index in [9.17, 15) is 4.79 Å². The summed E-state index contributed by atoms with van der Waals surface area (Å²) in [7, 11) is 0. The molecule has 1 atom stereocenters. The number of thiazole rings is 1. The Kier molecular flexibility index (Phi) is 4.73. The topological polar surface area (TPSA) is 75.4 Å².